The molecule has 112 valence electrons. The van der Waals surface area contributed by atoms with Crippen LogP contribution in [0, 0.1) is 10.1 Å². The predicted molar refractivity (Wildman–Crippen MR) is 87.9 cm³/mol. The molecule has 1 aromatic heterocycles. The maximum absolute atomic E-state index is 12.2. The SMILES string of the molecule is O=C1Nc2ccc([N+](=O)[O-])cc2/C1=C/c1c[nH]c2ccccc12. The Bertz CT molecular complexity index is 1000. The van der Waals surface area contributed by atoms with E-state index in [1.54, 1.807) is 12.1 Å². The minimum atomic E-state index is -0.466. The normalized spacial score (nSPS) is 15.0. The van der Waals surface area contributed by atoms with Crippen molar-refractivity contribution in [1.29, 1.82) is 0 Å². The van der Waals surface area contributed by atoms with E-state index in [4.69, 9.17) is 0 Å². The highest BCUT2D eigenvalue weighted by Crippen LogP contribution is 2.36. The van der Waals surface area contributed by atoms with E-state index in [0.29, 0.717) is 16.8 Å². The smallest absolute Gasteiger partial charge is 0.270 e. The van der Waals surface area contributed by atoms with Crippen LogP contribution in [-0.4, -0.2) is 15.8 Å². The largest absolute Gasteiger partial charge is 0.361 e. The van der Waals surface area contributed by atoms with Crippen LogP contribution in [0.1, 0.15) is 11.1 Å². The first-order valence-corrected chi connectivity index (χ1v) is 7.01. The maximum atomic E-state index is 12.2. The number of rotatable bonds is 2. The second-order valence-corrected chi connectivity index (χ2v) is 5.29. The van der Waals surface area contributed by atoms with Crippen LogP contribution >= 0.6 is 0 Å². The van der Waals surface area contributed by atoms with Crippen LogP contribution in [0.4, 0.5) is 11.4 Å². The number of nitrogens with zero attached hydrogens (tertiary/aromatic N) is 1. The van der Waals surface area contributed by atoms with Crippen LogP contribution < -0.4 is 5.32 Å². The summed E-state index contributed by atoms with van der Waals surface area (Å²) in [4.78, 5) is 25.9. The van der Waals surface area contributed by atoms with E-state index in [2.05, 4.69) is 10.3 Å². The van der Waals surface area contributed by atoms with Gasteiger partial charge in [-0.15, -0.1) is 0 Å². The van der Waals surface area contributed by atoms with Crippen molar-refractivity contribution < 1.29 is 9.72 Å². The van der Waals surface area contributed by atoms with Crippen molar-refractivity contribution in [1.82, 2.24) is 4.98 Å². The van der Waals surface area contributed by atoms with Crippen molar-refractivity contribution in [3.05, 3.63) is 69.9 Å². The molecule has 23 heavy (non-hydrogen) atoms. The summed E-state index contributed by atoms with van der Waals surface area (Å²) >= 11 is 0. The molecule has 0 radical (unpaired) electrons. The van der Waals surface area contributed by atoms with Gasteiger partial charge in [0, 0.05) is 51.6 Å². The number of anilines is 1. The lowest BCUT2D eigenvalue weighted by Crippen LogP contribution is -2.03. The molecule has 4 rings (SSSR count). The number of hydrogen-bond acceptors (Lipinski definition) is 3. The van der Waals surface area contributed by atoms with Gasteiger partial charge in [0.15, 0.2) is 0 Å². The highest BCUT2D eigenvalue weighted by atomic mass is 16.6. The molecule has 0 spiro atoms. The second kappa shape index (κ2) is 4.81. The van der Waals surface area contributed by atoms with Gasteiger partial charge < -0.3 is 10.3 Å². The molecule has 1 aliphatic rings. The lowest BCUT2D eigenvalue weighted by molar-refractivity contribution is -0.384. The first-order valence-electron chi connectivity index (χ1n) is 7.01. The van der Waals surface area contributed by atoms with Crippen molar-refractivity contribution in [2.24, 2.45) is 0 Å². The number of non-ortho nitro benzene ring substituents is 1. The number of amides is 1. The third-order valence-corrected chi connectivity index (χ3v) is 3.92. The fraction of sp³-hybridized carbons (Fsp3) is 0. The number of H-pyrrole nitrogens is 1. The Morgan fingerprint density at radius 1 is 1.13 bits per heavy atom. The minimum Gasteiger partial charge on any atom is -0.361 e. The predicted octanol–water partition coefficient (Wildman–Crippen LogP) is 3.57. The number of benzene rings is 2. The van der Waals surface area contributed by atoms with Gasteiger partial charge >= 0.3 is 0 Å². The summed E-state index contributed by atoms with van der Waals surface area (Å²) in [5.74, 6) is -0.259. The Labute approximate surface area is 130 Å². The summed E-state index contributed by atoms with van der Waals surface area (Å²) in [6.07, 6.45) is 3.57. The lowest BCUT2D eigenvalue weighted by Gasteiger charge is -1.99. The molecular weight excluding hydrogens is 294 g/mol. The number of nitrogens with one attached hydrogen (secondary N) is 2. The van der Waals surface area contributed by atoms with Gasteiger partial charge in [-0.25, -0.2) is 0 Å². The fourth-order valence-corrected chi connectivity index (χ4v) is 2.80. The van der Waals surface area contributed by atoms with E-state index in [-0.39, 0.29) is 11.6 Å². The number of carbonyl (C=O) groups is 1. The topological polar surface area (TPSA) is 88.0 Å². The van der Waals surface area contributed by atoms with Crippen LogP contribution in [-0.2, 0) is 4.79 Å². The highest BCUT2D eigenvalue weighted by Gasteiger charge is 2.26. The van der Waals surface area contributed by atoms with E-state index in [1.807, 2.05) is 30.5 Å². The molecule has 0 unspecified atom stereocenters. The lowest BCUT2D eigenvalue weighted by atomic mass is 10.0. The van der Waals surface area contributed by atoms with Gasteiger partial charge in [0.1, 0.15) is 0 Å². The summed E-state index contributed by atoms with van der Waals surface area (Å²) in [5.41, 5.74) is 3.36. The van der Waals surface area contributed by atoms with E-state index in [0.717, 1.165) is 16.5 Å². The Hall–Kier alpha value is -3.41. The molecule has 2 heterocycles. The molecule has 0 bridgehead atoms. The zero-order valence-corrected chi connectivity index (χ0v) is 11.9. The van der Waals surface area contributed by atoms with Crippen LogP contribution in [0.15, 0.2) is 48.7 Å². The number of hydrogen-bond donors (Lipinski definition) is 2. The Morgan fingerprint density at radius 3 is 2.78 bits per heavy atom. The number of carbonyl (C=O) groups excluding carboxylic acids is 1. The molecule has 0 fully saturated rings. The number of fused-ring (bicyclic) bond motifs is 2. The quantitative estimate of drug-likeness (QED) is 0.431. The molecule has 0 saturated heterocycles. The Balaban J connectivity index is 1.88. The molecular formula is C17H11N3O3. The third kappa shape index (κ3) is 2.08. The average molecular weight is 305 g/mol. The van der Waals surface area contributed by atoms with Gasteiger partial charge in [0.2, 0.25) is 0 Å². The van der Waals surface area contributed by atoms with Crippen molar-refractivity contribution in [3.8, 4) is 0 Å². The molecule has 2 N–H and O–H groups in total. The summed E-state index contributed by atoms with van der Waals surface area (Å²) < 4.78 is 0. The van der Waals surface area contributed by atoms with E-state index >= 15 is 0 Å². The molecule has 6 nitrogen and oxygen atoms in total. The van der Waals surface area contributed by atoms with Gasteiger partial charge in [-0.2, -0.15) is 0 Å². The first kappa shape index (κ1) is 13.3. The third-order valence-electron chi connectivity index (χ3n) is 3.92. The van der Waals surface area contributed by atoms with Crippen molar-refractivity contribution in [2.75, 3.05) is 5.32 Å². The van der Waals surface area contributed by atoms with Gasteiger partial charge in [-0.1, -0.05) is 18.2 Å². The number of aromatic amines is 1. The van der Waals surface area contributed by atoms with Crippen molar-refractivity contribution in [3.63, 3.8) is 0 Å². The number of nitro benzene ring substituents is 1. The zero-order valence-electron chi connectivity index (χ0n) is 11.9. The van der Waals surface area contributed by atoms with Crippen molar-refractivity contribution >= 4 is 39.8 Å². The molecule has 0 saturated carbocycles. The molecule has 0 aliphatic carbocycles. The van der Waals surface area contributed by atoms with Crippen LogP contribution in [0.3, 0.4) is 0 Å². The Morgan fingerprint density at radius 2 is 1.96 bits per heavy atom. The average Bonchev–Trinajstić information content (AvgIpc) is 3.09. The van der Waals surface area contributed by atoms with Crippen molar-refractivity contribution in [2.45, 2.75) is 0 Å². The standard InChI is InChI=1S/C17H11N3O3/c21-17-14(7-10-9-18-15-4-2-1-3-12(10)15)13-8-11(20(22)23)5-6-16(13)19-17/h1-9,18H,(H,19,21)/b14-7-. The molecule has 1 aliphatic heterocycles. The molecule has 6 heteroatoms. The number of nitro groups is 1. The summed E-state index contributed by atoms with van der Waals surface area (Å²) in [5, 5.41) is 14.7. The fourth-order valence-electron chi connectivity index (χ4n) is 2.80. The zero-order chi connectivity index (χ0) is 16.0. The van der Waals surface area contributed by atoms with Gasteiger partial charge in [0.05, 0.1) is 4.92 Å². The monoisotopic (exact) mass is 305 g/mol. The summed E-state index contributed by atoms with van der Waals surface area (Å²) in [6, 6.07) is 12.1. The van der Waals surface area contributed by atoms with E-state index < -0.39 is 4.92 Å². The van der Waals surface area contributed by atoms with E-state index in [9.17, 15) is 14.9 Å². The second-order valence-electron chi connectivity index (χ2n) is 5.29. The number of aromatic nitrogens is 1. The minimum absolute atomic E-state index is 0.0370. The molecule has 3 aromatic rings. The van der Waals surface area contributed by atoms with Crippen LogP contribution in [0.5, 0.6) is 0 Å². The maximum Gasteiger partial charge on any atom is 0.270 e. The molecule has 2 aromatic carbocycles. The van der Waals surface area contributed by atoms with E-state index in [1.165, 1.54) is 12.1 Å². The summed E-state index contributed by atoms with van der Waals surface area (Å²) in [7, 11) is 0. The molecule has 0 atom stereocenters. The first-order chi connectivity index (χ1) is 11.1. The van der Waals surface area contributed by atoms with Gasteiger partial charge in [-0.3, -0.25) is 14.9 Å². The van der Waals surface area contributed by atoms with Gasteiger partial charge in [0.25, 0.3) is 11.6 Å². The Kier molecular flexibility index (Phi) is 2.77. The molecule has 1 amide bonds. The van der Waals surface area contributed by atoms with Crippen LogP contribution in [0.25, 0.3) is 22.6 Å². The van der Waals surface area contributed by atoms with Gasteiger partial charge in [-0.05, 0) is 18.2 Å². The summed E-state index contributed by atoms with van der Waals surface area (Å²) in [6.45, 7) is 0. The van der Waals surface area contributed by atoms with Crippen LogP contribution in [0.2, 0.25) is 0 Å². The number of para-hydroxylation sites is 1. The highest BCUT2D eigenvalue weighted by molar-refractivity contribution is 6.35.